The molecule has 0 saturated carbocycles. The lowest BCUT2D eigenvalue weighted by atomic mass is 10.0. The van der Waals surface area contributed by atoms with Crippen LogP contribution in [0.1, 0.15) is 85.7 Å². The molecule has 1 amide bonds. The summed E-state index contributed by atoms with van der Waals surface area (Å²) in [5.41, 5.74) is 5.18. The predicted octanol–water partition coefficient (Wildman–Crippen LogP) is 7.94. The second-order valence-corrected chi connectivity index (χ2v) is 13.4. The van der Waals surface area contributed by atoms with Crippen LogP contribution in [0.15, 0.2) is 72.8 Å². The minimum atomic E-state index is -0.367. The van der Waals surface area contributed by atoms with Crippen LogP contribution in [0, 0.1) is 11.8 Å². The second kappa shape index (κ2) is 15.4. The number of likely N-dealkylation sites (tertiary alicyclic amines) is 1. The Morgan fingerprint density at radius 2 is 1.52 bits per heavy atom. The molecule has 0 atom stereocenters. The van der Waals surface area contributed by atoms with Crippen molar-refractivity contribution in [2.45, 2.75) is 66.0 Å². The SMILES string of the molecule is COC(=O)c1ccc(Nc2nc3ccc(C(=O)N(CCC(C)C)CCC(C)C)cc3n2C2CCN(Cc3ccccc3)CC2)cc1. The first-order valence-electron chi connectivity index (χ1n) is 16.7. The van der Waals surface area contributed by atoms with Crippen LogP contribution in [0.4, 0.5) is 11.6 Å². The summed E-state index contributed by atoms with van der Waals surface area (Å²) in [4.78, 5) is 35.5. The van der Waals surface area contributed by atoms with Gasteiger partial charge < -0.3 is 19.5 Å². The van der Waals surface area contributed by atoms with Crippen LogP contribution >= 0.6 is 0 Å². The van der Waals surface area contributed by atoms with Gasteiger partial charge in [0.1, 0.15) is 0 Å². The fourth-order valence-corrected chi connectivity index (χ4v) is 6.12. The normalized spacial score (nSPS) is 14.2. The summed E-state index contributed by atoms with van der Waals surface area (Å²) in [6, 6.07) is 24.1. The number of carbonyl (C=O) groups is 2. The van der Waals surface area contributed by atoms with Crippen molar-refractivity contribution < 1.29 is 14.3 Å². The van der Waals surface area contributed by atoms with Crippen molar-refractivity contribution in [3.63, 3.8) is 0 Å². The molecule has 1 aliphatic rings. The van der Waals surface area contributed by atoms with Crippen LogP contribution in [0.3, 0.4) is 0 Å². The van der Waals surface area contributed by atoms with Crippen LogP contribution in [-0.2, 0) is 11.3 Å². The number of methoxy groups -OCH3 is 1. The Morgan fingerprint density at radius 3 is 2.13 bits per heavy atom. The Hall–Kier alpha value is -4.17. The highest BCUT2D eigenvalue weighted by atomic mass is 16.5. The van der Waals surface area contributed by atoms with E-state index in [-0.39, 0.29) is 17.9 Å². The van der Waals surface area contributed by atoms with Gasteiger partial charge in [0.2, 0.25) is 5.95 Å². The number of benzene rings is 3. The number of fused-ring (bicyclic) bond motifs is 1. The molecule has 2 heterocycles. The number of piperidine rings is 1. The lowest BCUT2D eigenvalue weighted by Crippen LogP contribution is -2.34. The number of ether oxygens (including phenoxy) is 1. The van der Waals surface area contributed by atoms with Crippen molar-refractivity contribution in [2.24, 2.45) is 11.8 Å². The number of nitrogens with zero attached hydrogens (tertiary/aromatic N) is 4. The van der Waals surface area contributed by atoms with E-state index in [9.17, 15) is 9.59 Å². The highest BCUT2D eigenvalue weighted by Crippen LogP contribution is 2.34. The van der Waals surface area contributed by atoms with E-state index >= 15 is 0 Å². The molecule has 1 fully saturated rings. The Kier molecular flexibility index (Phi) is 11.1. The zero-order valence-corrected chi connectivity index (χ0v) is 28.0. The monoisotopic (exact) mass is 623 g/mol. The molecule has 8 nitrogen and oxygen atoms in total. The second-order valence-electron chi connectivity index (χ2n) is 13.4. The van der Waals surface area contributed by atoms with E-state index in [1.165, 1.54) is 12.7 Å². The van der Waals surface area contributed by atoms with Gasteiger partial charge in [-0.1, -0.05) is 58.0 Å². The number of imidazole rings is 1. The summed E-state index contributed by atoms with van der Waals surface area (Å²) < 4.78 is 7.17. The number of rotatable bonds is 13. The minimum Gasteiger partial charge on any atom is -0.465 e. The Morgan fingerprint density at radius 1 is 0.891 bits per heavy atom. The quantitative estimate of drug-likeness (QED) is 0.152. The molecule has 0 bridgehead atoms. The number of amides is 1. The Labute approximate surface area is 273 Å². The van der Waals surface area contributed by atoms with Gasteiger partial charge in [0, 0.05) is 50.0 Å². The minimum absolute atomic E-state index is 0.0848. The molecule has 1 aliphatic heterocycles. The summed E-state index contributed by atoms with van der Waals surface area (Å²) in [6.07, 6.45) is 3.91. The summed E-state index contributed by atoms with van der Waals surface area (Å²) in [5.74, 6) is 1.52. The van der Waals surface area contributed by atoms with E-state index in [0.717, 1.165) is 81.1 Å². The number of aromatic nitrogens is 2. The smallest absolute Gasteiger partial charge is 0.337 e. The third-order valence-corrected chi connectivity index (χ3v) is 8.91. The summed E-state index contributed by atoms with van der Waals surface area (Å²) in [6.45, 7) is 13.2. The van der Waals surface area contributed by atoms with Crippen LogP contribution in [0.25, 0.3) is 11.0 Å². The number of esters is 1. The molecule has 0 unspecified atom stereocenters. The zero-order chi connectivity index (χ0) is 32.6. The molecular weight excluding hydrogens is 574 g/mol. The zero-order valence-electron chi connectivity index (χ0n) is 28.0. The van der Waals surface area contributed by atoms with E-state index in [0.29, 0.717) is 23.0 Å². The van der Waals surface area contributed by atoms with Gasteiger partial charge in [-0.3, -0.25) is 9.69 Å². The van der Waals surface area contributed by atoms with Crippen molar-refractivity contribution in [1.29, 1.82) is 0 Å². The first-order chi connectivity index (χ1) is 22.2. The number of anilines is 2. The molecule has 1 saturated heterocycles. The molecule has 8 heteroatoms. The molecule has 3 aromatic carbocycles. The van der Waals surface area contributed by atoms with E-state index in [1.807, 2.05) is 35.2 Å². The maximum Gasteiger partial charge on any atom is 0.337 e. The summed E-state index contributed by atoms with van der Waals surface area (Å²) in [7, 11) is 1.38. The number of hydrogen-bond donors (Lipinski definition) is 1. The van der Waals surface area contributed by atoms with E-state index in [1.54, 1.807) is 12.1 Å². The standard InChI is InChI=1S/C38H49N5O3/c1-27(2)17-23-42(24-18-28(3)4)36(44)31-13-16-34-35(25-31)43(33-19-21-41(22-20-33)26-29-9-7-6-8-10-29)38(40-34)39-32-14-11-30(12-15-32)37(45)46-5/h6-16,25,27-28,33H,17-24,26H2,1-5H3,(H,39,40). The number of nitrogens with one attached hydrogen (secondary N) is 1. The molecule has 0 spiro atoms. The molecule has 4 aromatic rings. The van der Waals surface area contributed by atoms with Crippen LogP contribution in [0.5, 0.6) is 0 Å². The maximum atomic E-state index is 14.0. The van der Waals surface area contributed by atoms with Gasteiger partial charge in [0.05, 0.1) is 23.7 Å². The average molecular weight is 624 g/mol. The molecule has 0 aliphatic carbocycles. The van der Waals surface area contributed by atoms with Crippen molar-refractivity contribution >= 4 is 34.5 Å². The lowest BCUT2D eigenvalue weighted by Gasteiger charge is -2.33. The van der Waals surface area contributed by atoms with Crippen LogP contribution in [0.2, 0.25) is 0 Å². The third-order valence-electron chi connectivity index (χ3n) is 8.91. The van der Waals surface area contributed by atoms with Gasteiger partial charge in [-0.2, -0.15) is 0 Å². The van der Waals surface area contributed by atoms with Crippen molar-refractivity contribution in [2.75, 3.05) is 38.6 Å². The molecular formula is C38H49N5O3. The van der Waals surface area contributed by atoms with Gasteiger partial charge in [0.25, 0.3) is 5.91 Å². The Bertz CT molecular complexity index is 1580. The Balaban J connectivity index is 1.45. The van der Waals surface area contributed by atoms with Gasteiger partial charge in [-0.05, 0) is 85.5 Å². The van der Waals surface area contributed by atoms with Gasteiger partial charge >= 0.3 is 5.97 Å². The van der Waals surface area contributed by atoms with Crippen LogP contribution in [-0.4, -0.2) is 64.5 Å². The number of carbonyl (C=O) groups excluding carboxylic acids is 2. The van der Waals surface area contributed by atoms with Gasteiger partial charge in [-0.25, -0.2) is 9.78 Å². The first-order valence-corrected chi connectivity index (χ1v) is 16.7. The molecule has 0 radical (unpaired) electrons. The highest BCUT2D eigenvalue weighted by Gasteiger charge is 2.26. The van der Waals surface area contributed by atoms with Crippen LogP contribution < -0.4 is 5.32 Å². The number of hydrogen-bond acceptors (Lipinski definition) is 6. The largest absolute Gasteiger partial charge is 0.465 e. The molecule has 1 aromatic heterocycles. The van der Waals surface area contributed by atoms with Crippen molar-refractivity contribution in [3.8, 4) is 0 Å². The molecule has 1 N–H and O–H groups in total. The van der Waals surface area contributed by atoms with Gasteiger partial charge in [-0.15, -0.1) is 0 Å². The summed E-state index contributed by atoms with van der Waals surface area (Å²) in [5, 5.41) is 3.52. The fourth-order valence-electron chi connectivity index (χ4n) is 6.12. The molecule has 5 rings (SSSR count). The average Bonchev–Trinajstić information content (AvgIpc) is 3.42. The highest BCUT2D eigenvalue weighted by molar-refractivity contribution is 5.98. The molecule has 244 valence electrons. The predicted molar refractivity (Wildman–Crippen MR) is 186 cm³/mol. The molecule has 46 heavy (non-hydrogen) atoms. The third kappa shape index (κ3) is 8.35. The fraction of sp³-hybridized carbons (Fsp3) is 0.447. The lowest BCUT2D eigenvalue weighted by molar-refractivity contribution is 0.0600. The maximum absolute atomic E-state index is 14.0. The van der Waals surface area contributed by atoms with Crippen molar-refractivity contribution in [3.05, 3.63) is 89.5 Å². The topological polar surface area (TPSA) is 79.7 Å². The first kappa shape index (κ1) is 33.2. The van der Waals surface area contributed by atoms with Gasteiger partial charge in [0.15, 0.2) is 0 Å². The summed E-state index contributed by atoms with van der Waals surface area (Å²) >= 11 is 0. The van der Waals surface area contributed by atoms with E-state index in [2.05, 4.69) is 72.8 Å². The van der Waals surface area contributed by atoms with E-state index < -0.39 is 0 Å². The van der Waals surface area contributed by atoms with Crippen molar-refractivity contribution in [1.82, 2.24) is 19.4 Å². The van der Waals surface area contributed by atoms with E-state index in [4.69, 9.17) is 9.72 Å².